The lowest BCUT2D eigenvalue weighted by molar-refractivity contribution is 0.269. The predicted molar refractivity (Wildman–Crippen MR) is 106 cm³/mol. The molecule has 28 heavy (non-hydrogen) atoms. The Balaban J connectivity index is 1.79. The molecular weight excluding hydrogens is 354 g/mol. The Morgan fingerprint density at radius 1 is 1.07 bits per heavy atom. The van der Waals surface area contributed by atoms with Crippen LogP contribution >= 0.6 is 0 Å². The molecule has 3 N–H and O–H groups in total. The second kappa shape index (κ2) is 6.43. The molecule has 5 rings (SSSR count). The first-order valence-electron chi connectivity index (χ1n) is 8.86. The molecule has 0 aliphatic heterocycles. The highest BCUT2D eigenvalue weighted by Crippen LogP contribution is 2.34. The molecule has 8 nitrogen and oxygen atoms in total. The third-order valence-corrected chi connectivity index (χ3v) is 4.68. The van der Waals surface area contributed by atoms with Crippen LogP contribution in [0.1, 0.15) is 0 Å². The van der Waals surface area contributed by atoms with Crippen molar-refractivity contribution >= 4 is 22.4 Å². The van der Waals surface area contributed by atoms with Crippen molar-refractivity contribution < 1.29 is 5.11 Å². The summed E-state index contributed by atoms with van der Waals surface area (Å²) in [6, 6.07) is 10.0. The van der Waals surface area contributed by atoms with E-state index in [0.717, 1.165) is 27.7 Å². The van der Waals surface area contributed by atoms with Gasteiger partial charge in [-0.15, -0.1) is 0 Å². The Bertz CT molecular complexity index is 1300. The highest BCUT2D eigenvalue weighted by Gasteiger charge is 2.18. The van der Waals surface area contributed by atoms with Gasteiger partial charge in [0.25, 0.3) is 0 Å². The lowest BCUT2D eigenvalue weighted by atomic mass is 10.0. The maximum Gasteiger partial charge on any atom is 0.180 e. The molecule has 0 fully saturated rings. The number of aliphatic hydroxyl groups is 1. The number of nitrogen functional groups attached to an aromatic ring is 1. The minimum absolute atomic E-state index is 0.0156. The average molecular weight is 371 g/mol. The van der Waals surface area contributed by atoms with Crippen molar-refractivity contribution in [1.29, 1.82) is 0 Å². The average Bonchev–Trinajstić information content (AvgIpc) is 3.38. The first kappa shape index (κ1) is 16.4. The van der Waals surface area contributed by atoms with Gasteiger partial charge in [-0.3, -0.25) is 14.1 Å². The Kier molecular flexibility index (Phi) is 3.77. The molecule has 1 aromatic carbocycles. The Morgan fingerprint density at radius 3 is 2.89 bits per heavy atom. The van der Waals surface area contributed by atoms with E-state index in [2.05, 4.69) is 26.1 Å². The zero-order valence-electron chi connectivity index (χ0n) is 14.9. The van der Waals surface area contributed by atoms with E-state index in [1.807, 2.05) is 41.1 Å². The van der Waals surface area contributed by atoms with E-state index in [1.54, 1.807) is 23.3 Å². The Labute approximate surface area is 159 Å². The fraction of sp³-hybridized carbons (Fsp3) is 0.100. The van der Waals surface area contributed by atoms with E-state index < -0.39 is 0 Å². The molecule has 5 aromatic rings. The largest absolute Gasteiger partial charge is 0.394 e. The van der Waals surface area contributed by atoms with Crippen molar-refractivity contribution in [1.82, 2.24) is 29.1 Å². The smallest absolute Gasteiger partial charge is 0.180 e. The summed E-state index contributed by atoms with van der Waals surface area (Å²) in [5.41, 5.74) is 11.1. The number of aliphatic hydroxyl groups excluding tert-OH is 1. The number of imidazole rings is 1. The molecule has 0 amide bonds. The van der Waals surface area contributed by atoms with Gasteiger partial charge < -0.3 is 10.8 Å². The summed E-state index contributed by atoms with van der Waals surface area (Å²) in [6.07, 6.45) is 8.94. The minimum atomic E-state index is 0.0156. The number of rotatable bonds is 4. The zero-order valence-corrected chi connectivity index (χ0v) is 14.9. The first-order chi connectivity index (χ1) is 13.7. The predicted octanol–water partition coefficient (Wildman–Crippen LogP) is 2.38. The number of nitrogens with two attached hydrogens (primary N) is 1. The molecule has 0 unspecified atom stereocenters. The van der Waals surface area contributed by atoms with Crippen LogP contribution < -0.4 is 5.73 Å². The van der Waals surface area contributed by atoms with Gasteiger partial charge in [0.2, 0.25) is 0 Å². The molecule has 0 bridgehead atoms. The van der Waals surface area contributed by atoms with E-state index in [-0.39, 0.29) is 6.61 Å². The third-order valence-electron chi connectivity index (χ3n) is 4.68. The van der Waals surface area contributed by atoms with Crippen LogP contribution in [0.3, 0.4) is 0 Å². The summed E-state index contributed by atoms with van der Waals surface area (Å²) < 4.78 is 3.62. The van der Waals surface area contributed by atoms with Crippen molar-refractivity contribution in [3.05, 3.63) is 61.3 Å². The van der Waals surface area contributed by atoms with Gasteiger partial charge in [-0.05, 0) is 18.2 Å². The zero-order chi connectivity index (χ0) is 19.1. The van der Waals surface area contributed by atoms with Gasteiger partial charge in [-0.25, -0.2) is 9.97 Å². The molecule has 0 aliphatic rings. The molecule has 0 atom stereocenters. The number of aromatic nitrogens is 6. The summed E-state index contributed by atoms with van der Waals surface area (Å²) in [4.78, 5) is 13.4. The van der Waals surface area contributed by atoms with Crippen LogP contribution in [0.25, 0.3) is 39.1 Å². The summed E-state index contributed by atoms with van der Waals surface area (Å²) in [7, 11) is 0. The van der Waals surface area contributed by atoms with Crippen LogP contribution in [-0.4, -0.2) is 40.8 Å². The normalized spacial score (nSPS) is 11.5. The summed E-state index contributed by atoms with van der Waals surface area (Å²) in [5, 5.41) is 14.5. The van der Waals surface area contributed by atoms with Gasteiger partial charge in [-0.2, -0.15) is 5.10 Å². The topological polar surface area (TPSA) is 107 Å². The lowest BCUT2D eigenvalue weighted by Crippen LogP contribution is -2.04. The minimum Gasteiger partial charge on any atom is -0.394 e. The number of hydrogen-bond acceptors (Lipinski definition) is 6. The van der Waals surface area contributed by atoms with Crippen LogP contribution in [0.2, 0.25) is 0 Å². The lowest BCUT2D eigenvalue weighted by Gasteiger charge is -2.13. The van der Waals surface area contributed by atoms with Crippen molar-refractivity contribution in [3.8, 4) is 22.5 Å². The van der Waals surface area contributed by atoms with Gasteiger partial charge in [0.05, 0.1) is 30.6 Å². The van der Waals surface area contributed by atoms with E-state index in [9.17, 15) is 5.11 Å². The van der Waals surface area contributed by atoms with E-state index >= 15 is 0 Å². The highest BCUT2D eigenvalue weighted by atomic mass is 16.3. The number of fused-ring (bicyclic) bond motifs is 2. The molecule has 138 valence electrons. The van der Waals surface area contributed by atoms with Crippen LogP contribution in [0.4, 0.5) is 5.82 Å². The Morgan fingerprint density at radius 2 is 2.00 bits per heavy atom. The van der Waals surface area contributed by atoms with Crippen LogP contribution in [0.5, 0.6) is 0 Å². The molecule has 0 aliphatic carbocycles. The van der Waals surface area contributed by atoms with Gasteiger partial charge >= 0.3 is 0 Å². The van der Waals surface area contributed by atoms with Crippen molar-refractivity contribution in [3.63, 3.8) is 0 Å². The number of nitrogens with zero attached hydrogens (tertiary/aromatic N) is 6. The second-order valence-electron chi connectivity index (χ2n) is 6.44. The van der Waals surface area contributed by atoms with Crippen molar-refractivity contribution in [2.75, 3.05) is 12.3 Å². The number of anilines is 1. The SMILES string of the molecule is Nc1nc(-c2cnn(CCO)c2)c(-c2ccc3ncccc3c2)n2ccnc12. The van der Waals surface area contributed by atoms with Crippen molar-refractivity contribution in [2.24, 2.45) is 0 Å². The third kappa shape index (κ3) is 2.58. The van der Waals surface area contributed by atoms with E-state index in [1.165, 1.54) is 0 Å². The number of pyridine rings is 1. The van der Waals surface area contributed by atoms with Crippen molar-refractivity contribution in [2.45, 2.75) is 6.54 Å². The van der Waals surface area contributed by atoms with Crippen LogP contribution in [0, 0.1) is 0 Å². The standard InChI is InChI=1S/C20H17N7O/c21-19-20-23-6-7-27(20)18(14-3-4-16-13(10-14)2-1-5-22-16)17(25-19)15-11-24-26(12-15)8-9-28/h1-7,10-12,28H,8-9H2,(H2,21,25). The highest BCUT2D eigenvalue weighted by molar-refractivity contribution is 5.89. The van der Waals surface area contributed by atoms with Gasteiger partial charge in [0.15, 0.2) is 11.5 Å². The molecular formula is C20H17N7O. The monoisotopic (exact) mass is 371 g/mol. The summed E-state index contributed by atoms with van der Waals surface area (Å²) in [5.74, 6) is 0.348. The summed E-state index contributed by atoms with van der Waals surface area (Å²) in [6.45, 7) is 0.432. The van der Waals surface area contributed by atoms with E-state index in [0.29, 0.717) is 23.7 Å². The Hall–Kier alpha value is -3.78. The molecule has 4 heterocycles. The van der Waals surface area contributed by atoms with Gasteiger partial charge in [-0.1, -0.05) is 12.1 Å². The quantitative estimate of drug-likeness (QED) is 0.502. The first-order valence-corrected chi connectivity index (χ1v) is 8.86. The van der Waals surface area contributed by atoms with Gasteiger partial charge in [0.1, 0.15) is 5.69 Å². The number of hydrogen-bond donors (Lipinski definition) is 2. The summed E-state index contributed by atoms with van der Waals surface area (Å²) >= 11 is 0. The van der Waals surface area contributed by atoms with E-state index in [4.69, 9.17) is 5.73 Å². The molecule has 0 radical (unpaired) electrons. The molecule has 0 saturated carbocycles. The van der Waals surface area contributed by atoms with Crippen LogP contribution in [-0.2, 0) is 6.54 Å². The maximum atomic E-state index is 9.18. The molecule has 0 spiro atoms. The second-order valence-corrected chi connectivity index (χ2v) is 6.44. The molecule has 4 aromatic heterocycles. The fourth-order valence-electron chi connectivity index (χ4n) is 3.42. The molecule has 0 saturated heterocycles. The molecule has 8 heteroatoms. The maximum absolute atomic E-state index is 9.18. The number of benzene rings is 1. The van der Waals surface area contributed by atoms with Gasteiger partial charge in [0, 0.05) is 41.3 Å². The van der Waals surface area contributed by atoms with Crippen LogP contribution in [0.15, 0.2) is 61.3 Å². The fourth-order valence-corrected chi connectivity index (χ4v) is 3.42.